The lowest BCUT2D eigenvalue weighted by Crippen LogP contribution is -2.68. The lowest BCUT2D eigenvalue weighted by Gasteiger charge is -2.44. The van der Waals surface area contributed by atoms with Crippen LogP contribution in [0.3, 0.4) is 0 Å². The molecule has 0 N–H and O–H groups in total. The van der Waals surface area contributed by atoms with E-state index in [1.165, 1.54) is 0 Å². The highest BCUT2D eigenvalue weighted by Gasteiger charge is 2.81. The molecule has 1 atom stereocenters. The molecular formula is C10H9F13O. The second kappa shape index (κ2) is 5.53. The third kappa shape index (κ3) is 3.38. The van der Waals surface area contributed by atoms with Crippen molar-refractivity contribution in [2.45, 2.75) is 62.3 Å². The van der Waals surface area contributed by atoms with Gasteiger partial charge in [0.1, 0.15) is 5.60 Å². The zero-order valence-corrected chi connectivity index (χ0v) is 11.8. The van der Waals surface area contributed by atoms with Gasteiger partial charge in [-0.3, -0.25) is 0 Å². The van der Waals surface area contributed by atoms with Gasteiger partial charge in [-0.25, -0.2) is 8.78 Å². The number of hydrogen-bond acceptors (Lipinski definition) is 1. The molecule has 0 rings (SSSR count). The third-order valence-electron chi connectivity index (χ3n) is 2.83. The van der Waals surface area contributed by atoms with Gasteiger partial charge in [0.05, 0.1) is 0 Å². The molecule has 1 nitrogen and oxygen atoms in total. The van der Waals surface area contributed by atoms with Crippen LogP contribution in [0.1, 0.15) is 20.8 Å². The monoisotopic (exact) mass is 392 g/mol. The Labute approximate surface area is 125 Å². The van der Waals surface area contributed by atoms with Crippen molar-refractivity contribution in [2.24, 2.45) is 0 Å². The highest BCUT2D eigenvalue weighted by Crippen LogP contribution is 2.56. The summed E-state index contributed by atoms with van der Waals surface area (Å²) in [6.07, 6.45) is -13.7. The molecule has 24 heavy (non-hydrogen) atoms. The van der Waals surface area contributed by atoms with E-state index >= 15 is 0 Å². The van der Waals surface area contributed by atoms with E-state index in [2.05, 4.69) is 4.74 Å². The van der Waals surface area contributed by atoms with Crippen molar-refractivity contribution in [3.63, 3.8) is 0 Å². The maximum atomic E-state index is 13.6. The molecule has 0 aliphatic carbocycles. The van der Waals surface area contributed by atoms with Gasteiger partial charge in [0.25, 0.3) is 0 Å². The highest BCUT2D eigenvalue weighted by molar-refractivity contribution is 5.04. The van der Waals surface area contributed by atoms with Gasteiger partial charge < -0.3 is 4.74 Å². The summed E-state index contributed by atoms with van der Waals surface area (Å²) in [6.45, 7) is -1.81. The summed E-state index contributed by atoms with van der Waals surface area (Å²) in [5.41, 5.74) is -4.64. The lowest BCUT2D eigenvalue weighted by atomic mass is 9.93. The van der Waals surface area contributed by atoms with Gasteiger partial charge in [-0.05, 0) is 13.8 Å². The first kappa shape index (κ1) is 23.1. The summed E-state index contributed by atoms with van der Waals surface area (Å²) in [5, 5.41) is 0. The predicted octanol–water partition coefficient (Wildman–Crippen LogP) is 5.50. The Kier molecular flexibility index (Phi) is 5.31. The van der Waals surface area contributed by atoms with Crippen LogP contribution in [0.2, 0.25) is 0 Å². The quantitative estimate of drug-likeness (QED) is 0.562. The van der Waals surface area contributed by atoms with Crippen molar-refractivity contribution in [1.82, 2.24) is 0 Å². The van der Waals surface area contributed by atoms with Crippen molar-refractivity contribution in [1.29, 1.82) is 0 Å². The first-order valence-electron chi connectivity index (χ1n) is 5.62. The van der Waals surface area contributed by atoms with Crippen molar-refractivity contribution in [3.05, 3.63) is 0 Å². The molecule has 0 aromatic rings. The molecule has 0 aliphatic rings. The minimum absolute atomic E-state index is 0.515. The van der Waals surface area contributed by atoms with Crippen LogP contribution in [0.4, 0.5) is 57.1 Å². The fraction of sp³-hybridized carbons (Fsp3) is 1.00. The average Bonchev–Trinajstić information content (AvgIpc) is 2.22. The van der Waals surface area contributed by atoms with Gasteiger partial charge in [-0.2, -0.15) is 48.3 Å². The second-order valence-electron chi connectivity index (χ2n) is 5.24. The third-order valence-corrected chi connectivity index (χ3v) is 2.83. The minimum Gasteiger partial charge on any atom is -0.322 e. The van der Waals surface area contributed by atoms with Gasteiger partial charge in [0.15, 0.2) is 0 Å². The molecule has 0 amide bonds. The second-order valence-corrected chi connectivity index (χ2v) is 5.24. The molecule has 146 valence electrons. The molecular weight excluding hydrogens is 383 g/mol. The number of halogens is 13. The largest absolute Gasteiger partial charge is 0.459 e. The fourth-order valence-electron chi connectivity index (χ4n) is 1.37. The van der Waals surface area contributed by atoms with Crippen LogP contribution in [-0.4, -0.2) is 41.6 Å². The minimum atomic E-state index is -7.00. The Morgan fingerprint density at radius 2 is 0.833 bits per heavy atom. The molecule has 1 unspecified atom stereocenters. The maximum Gasteiger partial charge on any atom is 0.459 e. The molecule has 14 heteroatoms. The van der Waals surface area contributed by atoms with E-state index in [0.29, 0.717) is 0 Å². The van der Waals surface area contributed by atoms with E-state index in [-0.39, 0.29) is 0 Å². The first-order chi connectivity index (χ1) is 9.96. The summed E-state index contributed by atoms with van der Waals surface area (Å²) in [7, 11) is 0. The van der Waals surface area contributed by atoms with Crippen LogP contribution in [0.15, 0.2) is 0 Å². The Morgan fingerprint density at radius 1 is 0.500 bits per heavy atom. The van der Waals surface area contributed by atoms with E-state index in [1.807, 2.05) is 0 Å². The normalized spacial score (nSPS) is 18.5. The molecule has 0 bridgehead atoms. The van der Waals surface area contributed by atoms with Gasteiger partial charge in [-0.1, -0.05) is 0 Å². The Morgan fingerprint density at radius 3 is 1.04 bits per heavy atom. The average molecular weight is 392 g/mol. The molecule has 0 aliphatic heterocycles. The maximum absolute atomic E-state index is 13.6. The first-order valence-corrected chi connectivity index (χ1v) is 5.62. The Bertz CT molecular complexity index is 439. The van der Waals surface area contributed by atoms with Gasteiger partial charge >= 0.3 is 36.0 Å². The highest BCUT2D eigenvalue weighted by atomic mass is 19.4. The van der Waals surface area contributed by atoms with Crippen molar-refractivity contribution in [2.75, 3.05) is 0 Å². The molecule has 0 aromatic carbocycles. The standard InChI is InChI=1S/C10H9F13O/c1-4(2,6(13,14)7(15,16)9(18,19)20)24-8(17,5(3,11)12)10(21,22)23/h1-3H3. The van der Waals surface area contributed by atoms with Gasteiger partial charge in [-0.15, -0.1) is 0 Å². The number of ether oxygens (including phenoxy) is 1. The van der Waals surface area contributed by atoms with Crippen LogP contribution >= 0.6 is 0 Å². The van der Waals surface area contributed by atoms with Crippen LogP contribution in [0, 0.1) is 0 Å². The van der Waals surface area contributed by atoms with Crippen molar-refractivity contribution < 1.29 is 61.8 Å². The number of alkyl halides is 13. The zero-order valence-electron chi connectivity index (χ0n) is 11.8. The Balaban J connectivity index is 6.17. The van der Waals surface area contributed by atoms with E-state index in [0.717, 1.165) is 0 Å². The van der Waals surface area contributed by atoms with Gasteiger partial charge in [0, 0.05) is 6.92 Å². The van der Waals surface area contributed by atoms with Gasteiger partial charge in [0.2, 0.25) is 0 Å². The molecule has 0 heterocycles. The lowest BCUT2D eigenvalue weighted by molar-refractivity contribution is -0.455. The van der Waals surface area contributed by atoms with E-state index in [9.17, 15) is 57.1 Å². The molecule has 0 aromatic heterocycles. The van der Waals surface area contributed by atoms with E-state index in [4.69, 9.17) is 0 Å². The van der Waals surface area contributed by atoms with Crippen molar-refractivity contribution in [3.8, 4) is 0 Å². The summed E-state index contributed by atoms with van der Waals surface area (Å²) < 4.78 is 168. The number of rotatable bonds is 5. The summed E-state index contributed by atoms with van der Waals surface area (Å²) in [6, 6.07) is 0. The zero-order chi connectivity index (χ0) is 20.2. The molecule has 0 spiro atoms. The fourth-order valence-corrected chi connectivity index (χ4v) is 1.37. The SMILES string of the molecule is CC(F)(F)C(F)(OC(C)(C)C(F)(F)C(F)(F)C(F)(F)F)C(F)(F)F. The summed E-state index contributed by atoms with van der Waals surface area (Å²) in [5.74, 6) is -25.4. The predicted molar refractivity (Wildman–Crippen MR) is 51.6 cm³/mol. The van der Waals surface area contributed by atoms with Crippen LogP contribution in [-0.2, 0) is 4.74 Å². The summed E-state index contributed by atoms with van der Waals surface area (Å²) in [4.78, 5) is 0. The summed E-state index contributed by atoms with van der Waals surface area (Å²) >= 11 is 0. The Hall–Kier alpha value is -0.950. The van der Waals surface area contributed by atoms with Crippen LogP contribution in [0.5, 0.6) is 0 Å². The van der Waals surface area contributed by atoms with Crippen LogP contribution < -0.4 is 0 Å². The van der Waals surface area contributed by atoms with Crippen LogP contribution in [0.25, 0.3) is 0 Å². The molecule has 0 fully saturated rings. The van der Waals surface area contributed by atoms with E-state index < -0.39 is 62.3 Å². The molecule has 0 radical (unpaired) electrons. The molecule has 0 saturated heterocycles. The topological polar surface area (TPSA) is 9.23 Å². The number of hydrogen-bond donors (Lipinski definition) is 0. The van der Waals surface area contributed by atoms with Crippen molar-refractivity contribution >= 4 is 0 Å². The smallest absolute Gasteiger partial charge is 0.322 e. The molecule has 0 saturated carbocycles. The van der Waals surface area contributed by atoms with E-state index in [1.54, 1.807) is 0 Å².